The van der Waals surface area contributed by atoms with Crippen molar-refractivity contribution < 1.29 is 13.9 Å². The molecule has 1 saturated heterocycles. The molecule has 0 aliphatic carbocycles. The van der Waals surface area contributed by atoms with Crippen molar-refractivity contribution >= 4 is 23.3 Å². The van der Waals surface area contributed by atoms with Gasteiger partial charge in [-0.15, -0.1) is 0 Å². The highest BCUT2D eigenvalue weighted by Gasteiger charge is 2.33. The Morgan fingerprint density at radius 2 is 1.76 bits per heavy atom. The van der Waals surface area contributed by atoms with Crippen molar-refractivity contribution in [3.63, 3.8) is 0 Å². The number of nitrogens with zero attached hydrogens (tertiary/aromatic N) is 4. The molecule has 2 aromatic heterocycles. The molecule has 0 atom stereocenters. The van der Waals surface area contributed by atoms with E-state index in [0.717, 1.165) is 5.56 Å². The third-order valence-electron chi connectivity index (χ3n) is 6.10. The lowest BCUT2D eigenvalue weighted by Gasteiger charge is -2.29. The van der Waals surface area contributed by atoms with Crippen LogP contribution in [0.2, 0.25) is 0 Å². The second-order valence-corrected chi connectivity index (χ2v) is 8.23. The monoisotopic (exact) mass is 456 g/mol. The van der Waals surface area contributed by atoms with Gasteiger partial charge in [-0.3, -0.25) is 13.9 Å². The number of hydrogen-bond donors (Lipinski definition) is 0. The molecule has 0 spiro atoms. The minimum absolute atomic E-state index is 0.0137. The number of imidazole rings is 1. The van der Waals surface area contributed by atoms with Crippen molar-refractivity contribution in [3.8, 4) is 5.75 Å². The van der Waals surface area contributed by atoms with Gasteiger partial charge in [0.1, 0.15) is 23.8 Å². The number of fused-ring (bicyclic) bond motifs is 1. The molecule has 1 fully saturated rings. The van der Waals surface area contributed by atoms with Crippen LogP contribution in [0.1, 0.15) is 38.1 Å². The number of ether oxygens (including phenoxy) is 2. The molecular formula is C24H29FN4O4. The zero-order valence-electron chi connectivity index (χ0n) is 19.2. The van der Waals surface area contributed by atoms with Crippen molar-refractivity contribution in [2.75, 3.05) is 19.8 Å². The number of hydrogen-bond acceptors (Lipinski definition) is 5. The van der Waals surface area contributed by atoms with E-state index in [1.54, 1.807) is 36.7 Å². The average molecular weight is 457 g/mol. The van der Waals surface area contributed by atoms with Gasteiger partial charge >= 0.3 is 5.69 Å². The lowest BCUT2D eigenvalue weighted by molar-refractivity contribution is -0.0323. The Morgan fingerprint density at radius 1 is 1.09 bits per heavy atom. The number of benzene rings is 1. The van der Waals surface area contributed by atoms with Gasteiger partial charge in [-0.05, 0) is 37.6 Å². The van der Waals surface area contributed by atoms with Crippen LogP contribution in [-0.2, 0) is 24.9 Å². The third kappa shape index (κ3) is 4.50. The van der Waals surface area contributed by atoms with Crippen LogP contribution in [0.3, 0.4) is 0 Å². The lowest BCUT2D eigenvalue weighted by Crippen LogP contribution is -2.39. The Kier molecular flexibility index (Phi) is 6.51. The van der Waals surface area contributed by atoms with Crippen LogP contribution < -0.4 is 16.0 Å². The molecule has 9 heteroatoms. The van der Waals surface area contributed by atoms with Crippen molar-refractivity contribution in [3.05, 3.63) is 56.5 Å². The Balaban J connectivity index is 1.55. The highest BCUT2D eigenvalue weighted by molar-refractivity contribution is 5.76. The first kappa shape index (κ1) is 23.0. The number of aryl methyl sites for hydroxylation is 2. The molecule has 0 amide bonds. The van der Waals surface area contributed by atoms with Crippen LogP contribution in [0.15, 0.2) is 33.9 Å². The SMILES string of the molecule is CCn1c(=O)c2c(nc(/C=C/c3ccc(OCC4(F)CCOCC4)cc3)n2C)n(CC)c1=O. The molecule has 1 aromatic carbocycles. The maximum atomic E-state index is 14.7. The summed E-state index contributed by atoms with van der Waals surface area (Å²) in [7, 11) is 1.76. The fraction of sp³-hybridized carbons (Fsp3) is 0.458. The van der Waals surface area contributed by atoms with E-state index in [0.29, 0.717) is 61.9 Å². The van der Waals surface area contributed by atoms with E-state index in [4.69, 9.17) is 9.47 Å². The van der Waals surface area contributed by atoms with E-state index in [1.165, 1.54) is 9.13 Å². The number of alkyl halides is 1. The molecule has 0 radical (unpaired) electrons. The highest BCUT2D eigenvalue weighted by Crippen LogP contribution is 2.26. The number of aromatic nitrogens is 4. The fourth-order valence-electron chi connectivity index (χ4n) is 4.03. The summed E-state index contributed by atoms with van der Waals surface area (Å²) in [6, 6.07) is 7.34. The van der Waals surface area contributed by atoms with Crippen molar-refractivity contribution in [2.45, 2.75) is 45.4 Å². The Labute approximate surface area is 190 Å². The summed E-state index contributed by atoms with van der Waals surface area (Å²) in [5.41, 5.74) is -0.348. The molecule has 33 heavy (non-hydrogen) atoms. The Bertz CT molecular complexity index is 1280. The van der Waals surface area contributed by atoms with Crippen LogP contribution in [0, 0.1) is 0 Å². The van der Waals surface area contributed by atoms with Crippen molar-refractivity contribution in [1.82, 2.24) is 18.7 Å². The van der Waals surface area contributed by atoms with Crippen molar-refractivity contribution in [2.24, 2.45) is 7.05 Å². The first-order chi connectivity index (χ1) is 15.9. The summed E-state index contributed by atoms with van der Waals surface area (Å²) in [5.74, 6) is 1.17. The van der Waals surface area contributed by atoms with Gasteiger partial charge in [0.15, 0.2) is 11.2 Å². The topological polar surface area (TPSA) is 80.3 Å². The van der Waals surface area contributed by atoms with Crippen LogP contribution in [-0.4, -0.2) is 44.2 Å². The summed E-state index contributed by atoms with van der Waals surface area (Å²) < 4.78 is 30.0. The summed E-state index contributed by atoms with van der Waals surface area (Å²) in [4.78, 5) is 29.9. The van der Waals surface area contributed by atoms with E-state index in [-0.39, 0.29) is 17.9 Å². The van der Waals surface area contributed by atoms with E-state index in [9.17, 15) is 14.0 Å². The van der Waals surface area contributed by atoms with E-state index in [2.05, 4.69) is 4.98 Å². The molecule has 176 valence electrons. The molecule has 8 nitrogen and oxygen atoms in total. The van der Waals surface area contributed by atoms with E-state index < -0.39 is 5.67 Å². The number of rotatable bonds is 7. The van der Waals surface area contributed by atoms with Crippen LogP contribution in [0.25, 0.3) is 23.3 Å². The molecule has 0 bridgehead atoms. The molecule has 3 aromatic rings. The average Bonchev–Trinajstić information content (AvgIpc) is 3.14. The Morgan fingerprint density at radius 3 is 2.39 bits per heavy atom. The molecule has 4 rings (SSSR count). The molecule has 0 saturated carbocycles. The molecule has 0 unspecified atom stereocenters. The van der Waals surface area contributed by atoms with Crippen LogP contribution >= 0.6 is 0 Å². The van der Waals surface area contributed by atoms with Crippen LogP contribution in [0.5, 0.6) is 5.75 Å². The quantitative estimate of drug-likeness (QED) is 0.546. The summed E-state index contributed by atoms with van der Waals surface area (Å²) in [6.45, 7) is 5.21. The van der Waals surface area contributed by atoms with Gasteiger partial charge in [-0.25, -0.2) is 14.2 Å². The first-order valence-corrected chi connectivity index (χ1v) is 11.2. The minimum atomic E-state index is -1.34. The lowest BCUT2D eigenvalue weighted by atomic mass is 9.98. The second-order valence-electron chi connectivity index (χ2n) is 8.23. The summed E-state index contributed by atoms with van der Waals surface area (Å²) >= 11 is 0. The number of halogens is 1. The Hall–Kier alpha value is -3.20. The molecule has 1 aliphatic rings. The van der Waals surface area contributed by atoms with Gasteiger partial charge in [0.2, 0.25) is 0 Å². The smallest absolute Gasteiger partial charge is 0.332 e. The predicted octanol–water partition coefficient (Wildman–Crippen LogP) is 3.00. The fourth-order valence-corrected chi connectivity index (χ4v) is 4.03. The van der Waals surface area contributed by atoms with E-state index >= 15 is 0 Å². The molecular weight excluding hydrogens is 427 g/mol. The summed E-state index contributed by atoms with van der Waals surface area (Å²) in [6.07, 6.45) is 4.36. The zero-order chi connectivity index (χ0) is 23.6. The van der Waals surface area contributed by atoms with Gasteiger partial charge < -0.3 is 14.0 Å². The standard InChI is InChI=1S/C24H29FN4O4/c1-4-28-21-20(22(30)29(5-2)23(28)31)27(3)19(26-21)11-8-17-6-9-18(10-7-17)33-16-24(25)12-14-32-15-13-24/h6-11H,4-5,12-16H2,1-3H3/b11-8+. The largest absolute Gasteiger partial charge is 0.490 e. The molecule has 0 N–H and O–H groups in total. The normalized spacial score (nSPS) is 16.0. The van der Waals surface area contributed by atoms with Gasteiger partial charge in [0.25, 0.3) is 5.56 Å². The molecule has 3 heterocycles. The highest BCUT2D eigenvalue weighted by atomic mass is 19.1. The first-order valence-electron chi connectivity index (χ1n) is 11.2. The van der Waals surface area contributed by atoms with Gasteiger partial charge in [-0.2, -0.15) is 0 Å². The van der Waals surface area contributed by atoms with Gasteiger partial charge in [-0.1, -0.05) is 18.2 Å². The third-order valence-corrected chi connectivity index (χ3v) is 6.10. The van der Waals surface area contributed by atoms with Crippen molar-refractivity contribution in [1.29, 1.82) is 0 Å². The maximum Gasteiger partial charge on any atom is 0.332 e. The second kappa shape index (κ2) is 9.35. The zero-order valence-corrected chi connectivity index (χ0v) is 19.2. The maximum absolute atomic E-state index is 14.7. The van der Waals surface area contributed by atoms with E-state index in [1.807, 2.05) is 25.1 Å². The predicted molar refractivity (Wildman–Crippen MR) is 125 cm³/mol. The summed E-state index contributed by atoms with van der Waals surface area (Å²) in [5, 5.41) is 0. The molecule has 1 aliphatic heterocycles. The minimum Gasteiger partial charge on any atom is -0.490 e. The van der Waals surface area contributed by atoms with Crippen LogP contribution in [0.4, 0.5) is 4.39 Å². The van der Waals surface area contributed by atoms with Gasteiger partial charge in [0.05, 0.1) is 0 Å². The van der Waals surface area contributed by atoms with Gasteiger partial charge in [0, 0.05) is 46.2 Å².